The van der Waals surface area contributed by atoms with Gasteiger partial charge in [-0.1, -0.05) is 30.3 Å². The largest absolute Gasteiger partial charge is 0.388 e. The smallest absolute Gasteiger partial charge is 0.0954 e. The van der Waals surface area contributed by atoms with Crippen LogP contribution in [0, 0.1) is 0 Å². The quantitative estimate of drug-likeness (QED) is 0.940. The van der Waals surface area contributed by atoms with Gasteiger partial charge in [0.05, 0.1) is 10.6 Å². The maximum Gasteiger partial charge on any atom is 0.0954 e. The minimum Gasteiger partial charge on any atom is -0.388 e. The Labute approximate surface area is 123 Å². The van der Waals surface area contributed by atoms with Crippen molar-refractivity contribution in [2.45, 2.75) is 31.4 Å². The Hall–Kier alpha value is -1.23. The van der Waals surface area contributed by atoms with Gasteiger partial charge in [0.15, 0.2) is 0 Å². The summed E-state index contributed by atoms with van der Waals surface area (Å²) in [7, 11) is 0. The molecule has 0 aliphatic carbocycles. The summed E-state index contributed by atoms with van der Waals surface area (Å²) in [5.41, 5.74) is 0.691. The summed E-state index contributed by atoms with van der Waals surface area (Å²) >= 11 is 1.63. The Morgan fingerprint density at radius 1 is 1.30 bits per heavy atom. The molecule has 3 nitrogen and oxygen atoms in total. The molecule has 0 spiro atoms. The van der Waals surface area contributed by atoms with E-state index in [-0.39, 0.29) is 0 Å². The fourth-order valence-corrected chi connectivity index (χ4v) is 3.70. The molecule has 1 fully saturated rings. The van der Waals surface area contributed by atoms with Crippen molar-refractivity contribution < 1.29 is 5.11 Å². The number of hydrogen-bond donors (Lipinski definition) is 1. The summed E-state index contributed by atoms with van der Waals surface area (Å²) in [4.78, 5) is 6.66. The molecule has 1 unspecified atom stereocenters. The lowest BCUT2D eigenvalue weighted by Gasteiger charge is -2.39. The fraction of sp³-hybridized carbons (Fsp3) is 0.438. The van der Waals surface area contributed by atoms with Gasteiger partial charge in [0.2, 0.25) is 0 Å². The van der Waals surface area contributed by atoms with Crippen molar-refractivity contribution in [3.8, 4) is 0 Å². The lowest BCUT2D eigenvalue weighted by molar-refractivity contribution is -0.0327. The maximum absolute atomic E-state index is 10.8. The SMILES string of the molecule is OC1(Cc2nccs2)CCCN(Cc2ccccc2)C1. The van der Waals surface area contributed by atoms with Crippen molar-refractivity contribution in [2.24, 2.45) is 0 Å². The Morgan fingerprint density at radius 3 is 2.90 bits per heavy atom. The number of hydrogen-bond acceptors (Lipinski definition) is 4. The Bertz CT molecular complexity index is 529. The molecule has 1 aromatic carbocycles. The van der Waals surface area contributed by atoms with E-state index >= 15 is 0 Å². The zero-order valence-corrected chi connectivity index (χ0v) is 12.4. The third-order valence-electron chi connectivity index (χ3n) is 3.85. The van der Waals surface area contributed by atoms with E-state index in [0.717, 1.165) is 37.5 Å². The van der Waals surface area contributed by atoms with Crippen LogP contribution in [0.5, 0.6) is 0 Å². The molecule has 3 rings (SSSR count). The minimum atomic E-state index is -0.620. The average molecular weight is 288 g/mol. The molecule has 1 atom stereocenters. The summed E-state index contributed by atoms with van der Waals surface area (Å²) in [5.74, 6) is 0. The predicted octanol–water partition coefficient (Wildman–Crippen LogP) is 2.71. The second-order valence-electron chi connectivity index (χ2n) is 5.63. The third-order valence-corrected chi connectivity index (χ3v) is 4.63. The summed E-state index contributed by atoms with van der Waals surface area (Å²) < 4.78 is 0. The molecule has 106 valence electrons. The highest BCUT2D eigenvalue weighted by atomic mass is 32.1. The number of benzene rings is 1. The summed E-state index contributed by atoms with van der Waals surface area (Å²) in [5, 5.41) is 13.8. The topological polar surface area (TPSA) is 36.4 Å². The molecule has 1 saturated heterocycles. The normalized spacial score (nSPS) is 23.9. The number of thiazole rings is 1. The van der Waals surface area contributed by atoms with Crippen LogP contribution in [0.3, 0.4) is 0 Å². The van der Waals surface area contributed by atoms with Gasteiger partial charge in [-0.25, -0.2) is 4.98 Å². The number of nitrogens with zero attached hydrogens (tertiary/aromatic N) is 2. The fourth-order valence-electron chi connectivity index (χ4n) is 2.95. The summed E-state index contributed by atoms with van der Waals surface area (Å²) in [6, 6.07) is 10.5. The van der Waals surface area contributed by atoms with Gasteiger partial charge in [-0.05, 0) is 24.9 Å². The average Bonchev–Trinajstić information content (AvgIpc) is 2.92. The molecule has 2 heterocycles. The van der Waals surface area contributed by atoms with E-state index in [1.54, 1.807) is 11.3 Å². The molecule has 0 amide bonds. The van der Waals surface area contributed by atoms with Crippen LogP contribution in [0.15, 0.2) is 41.9 Å². The molecular formula is C16H20N2OS. The number of β-amino-alcohol motifs (C(OH)–C–C–N with tert-alkyl or cyclic N) is 1. The first-order valence-electron chi connectivity index (χ1n) is 7.11. The van der Waals surface area contributed by atoms with Crippen molar-refractivity contribution in [3.05, 3.63) is 52.5 Å². The third kappa shape index (κ3) is 3.45. The number of aliphatic hydroxyl groups is 1. The van der Waals surface area contributed by atoms with Crippen molar-refractivity contribution in [1.82, 2.24) is 9.88 Å². The van der Waals surface area contributed by atoms with Crippen molar-refractivity contribution in [2.75, 3.05) is 13.1 Å². The van der Waals surface area contributed by atoms with Crippen LogP contribution in [-0.2, 0) is 13.0 Å². The number of piperidine rings is 1. The zero-order chi connectivity index (χ0) is 13.8. The maximum atomic E-state index is 10.8. The van der Waals surface area contributed by atoms with E-state index in [4.69, 9.17) is 0 Å². The van der Waals surface area contributed by atoms with E-state index < -0.39 is 5.60 Å². The van der Waals surface area contributed by atoms with Crippen molar-refractivity contribution in [1.29, 1.82) is 0 Å². The van der Waals surface area contributed by atoms with Gasteiger partial charge in [-0.2, -0.15) is 0 Å². The van der Waals surface area contributed by atoms with Crippen LogP contribution in [-0.4, -0.2) is 33.7 Å². The molecule has 1 aliphatic rings. The standard InChI is InChI=1S/C16H20N2OS/c19-16(11-15-17-8-10-20-15)7-4-9-18(13-16)12-14-5-2-1-3-6-14/h1-3,5-6,8,10,19H,4,7,9,11-13H2. The first kappa shape index (κ1) is 13.7. The molecule has 0 saturated carbocycles. The lowest BCUT2D eigenvalue weighted by atomic mass is 9.89. The molecule has 0 bridgehead atoms. The van der Waals surface area contributed by atoms with Gasteiger partial charge in [0.1, 0.15) is 0 Å². The molecule has 2 aromatic rings. The second kappa shape index (κ2) is 6.04. The van der Waals surface area contributed by atoms with E-state index in [1.807, 2.05) is 17.6 Å². The second-order valence-corrected chi connectivity index (χ2v) is 6.61. The van der Waals surface area contributed by atoms with Gasteiger partial charge >= 0.3 is 0 Å². The number of rotatable bonds is 4. The van der Waals surface area contributed by atoms with E-state index in [1.165, 1.54) is 5.56 Å². The van der Waals surface area contributed by atoms with Gasteiger partial charge in [-0.3, -0.25) is 4.90 Å². The predicted molar refractivity (Wildman–Crippen MR) is 81.7 cm³/mol. The molecule has 1 aliphatic heterocycles. The number of aromatic nitrogens is 1. The molecule has 4 heteroatoms. The van der Waals surface area contributed by atoms with E-state index in [0.29, 0.717) is 6.42 Å². The van der Waals surface area contributed by atoms with Crippen LogP contribution in [0.25, 0.3) is 0 Å². The molecule has 20 heavy (non-hydrogen) atoms. The first-order chi connectivity index (χ1) is 9.73. The zero-order valence-electron chi connectivity index (χ0n) is 11.5. The lowest BCUT2D eigenvalue weighted by Crippen LogP contribution is -2.49. The summed E-state index contributed by atoms with van der Waals surface area (Å²) in [6.45, 7) is 2.72. The van der Waals surface area contributed by atoms with Gasteiger partial charge < -0.3 is 5.11 Å². The molecule has 1 aromatic heterocycles. The Balaban J connectivity index is 1.64. The highest BCUT2D eigenvalue weighted by Gasteiger charge is 2.34. The van der Waals surface area contributed by atoms with Gasteiger partial charge in [0.25, 0.3) is 0 Å². The van der Waals surface area contributed by atoms with Crippen LogP contribution in [0.2, 0.25) is 0 Å². The summed E-state index contributed by atoms with van der Waals surface area (Å²) in [6.07, 6.45) is 4.41. The molecule has 1 N–H and O–H groups in total. The van der Waals surface area contributed by atoms with Gasteiger partial charge in [-0.15, -0.1) is 11.3 Å². The van der Waals surface area contributed by atoms with Crippen LogP contribution in [0.4, 0.5) is 0 Å². The van der Waals surface area contributed by atoms with E-state index in [9.17, 15) is 5.11 Å². The van der Waals surface area contributed by atoms with Crippen LogP contribution < -0.4 is 0 Å². The molecular weight excluding hydrogens is 268 g/mol. The first-order valence-corrected chi connectivity index (χ1v) is 7.99. The Morgan fingerprint density at radius 2 is 2.15 bits per heavy atom. The highest BCUT2D eigenvalue weighted by molar-refractivity contribution is 7.09. The van der Waals surface area contributed by atoms with E-state index in [2.05, 4.69) is 34.1 Å². The van der Waals surface area contributed by atoms with Gasteiger partial charge in [0, 0.05) is 31.1 Å². The highest BCUT2D eigenvalue weighted by Crippen LogP contribution is 2.27. The van der Waals surface area contributed by atoms with Crippen LogP contribution >= 0.6 is 11.3 Å². The number of likely N-dealkylation sites (tertiary alicyclic amines) is 1. The minimum absolute atomic E-state index is 0.620. The molecule has 0 radical (unpaired) electrons. The van der Waals surface area contributed by atoms with Crippen molar-refractivity contribution >= 4 is 11.3 Å². The van der Waals surface area contributed by atoms with Crippen molar-refractivity contribution in [3.63, 3.8) is 0 Å². The monoisotopic (exact) mass is 288 g/mol. The Kier molecular flexibility index (Phi) is 4.15. The van der Waals surface area contributed by atoms with Crippen LogP contribution in [0.1, 0.15) is 23.4 Å².